The van der Waals surface area contributed by atoms with E-state index in [1.165, 1.54) is 7.11 Å². The van der Waals surface area contributed by atoms with Gasteiger partial charge < -0.3 is 14.9 Å². The minimum atomic E-state index is -4.07. The fraction of sp³-hybridized carbons (Fsp3) is 0.462. The molecule has 7 nitrogen and oxygen atoms in total. The lowest BCUT2D eigenvalue weighted by atomic mass is 10.1. The summed E-state index contributed by atoms with van der Waals surface area (Å²) >= 11 is 0. The van der Waals surface area contributed by atoms with Gasteiger partial charge in [-0.25, -0.2) is 8.42 Å². The number of aliphatic hydroxyl groups excluding tert-OH is 1. The zero-order valence-electron chi connectivity index (χ0n) is 12.3. The van der Waals surface area contributed by atoms with Gasteiger partial charge in [0.05, 0.1) is 18.6 Å². The molecule has 0 radical (unpaired) electrons. The Kier molecular flexibility index (Phi) is 5.32. The van der Waals surface area contributed by atoms with E-state index in [0.29, 0.717) is 22.4 Å². The van der Waals surface area contributed by atoms with Crippen molar-refractivity contribution in [2.24, 2.45) is 0 Å². The summed E-state index contributed by atoms with van der Waals surface area (Å²) < 4.78 is 31.9. The number of carbonyl (C=O) groups is 1. The molecule has 3 N–H and O–H groups in total. The number of benzene rings is 1. The van der Waals surface area contributed by atoms with Crippen molar-refractivity contribution in [3.05, 3.63) is 22.8 Å². The van der Waals surface area contributed by atoms with E-state index in [9.17, 15) is 13.2 Å². The van der Waals surface area contributed by atoms with Gasteiger partial charge >= 0.3 is 5.97 Å². The summed E-state index contributed by atoms with van der Waals surface area (Å²) in [5.41, 5.74) is 1.56. The maximum absolute atomic E-state index is 12.4. The van der Waals surface area contributed by atoms with Gasteiger partial charge in [-0.3, -0.25) is 4.79 Å². The maximum Gasteiger partial charge on any atom is 0.324 e. The molecule has 0 amide bonds. The Morgan fingerprint density at radius 3 is 2.33 bits per heavy atom. The van der Waals surface area contributed by atoms with Crippen molar-refractivity contribution in [2.45, 2.75) is 31.7 Å². The lowest BCUT2D eigenvalue weighted by molar-refractivity contribution is -0.139. The topological polar surface area (TPSA) is 113 Å². The highest BCUT2D eigenvalue weighted by atomic mass is 32.2. The van der Waals surface area contributed by atoms with Crippen molar-refractivity contribution in [1.29, 1.82) is 0 Å². The molecule has 0 bridgehead atoms. The maximum atomic E-state index is 12.4. The Hall–Kier alpha value is -1.64. The van der Waals surface area contributed by atoms with Gasteiger partial charge in [0.1, 0.15) is 11.8 Å². The third kappa shape index (κ3) is 3.52. The Morgan fingerprint density at radius 1 is 1.33 bits per heavy atom. The first-order valence-electron chi connectivity index (χ1n) is 6.16. The third-order valence-corrected chi connectivity index (χ3v) is 5.01. The highest BCUT2D eigenvalue weighted by Crippen LogP contribution is 2.30. The first-order chi connectivity index (χ1) is 9.65. The molecule has 1 atom stereocenters. The Balaban J connectivity index is 3.39. The summed E-state index contributed by atoms with van der Waals surface area (Å²) in [5.74, 6) is -0.887. The number of aliphatic hydroxyl groups is 1. The van der Waals surface area contributed by atoms with E-state index in [0.717, 1.165) is 0 Å². The number of methoxy groups -OCH3 is 1. The molecule has 0 fully saturated rings. The van der Waals surface area contributed by atoms with Crippen LogP contribution in [-0.2, 0) is 14.8 Å². The first kappa shape index (κ1) is 17.4. The van der Waals surface area contributed by atoms with Crippen LogP contribution in [0.1, 0.15) is 16.7 Å². The Bertz CT molecular complexity index is 653. The SMILES string of the molecule is COc1cc(C)c(S(=O)(=O)N[C@H](CO)C(=O)O)c(C)c1C. The van der Waals surface area contributed by atoms with Crippen LogP contribution in [0.25, 0.3) is 0 Å². The van der Waals surface area contributed by atoms with Crippen LogP contribution < -0.4 is 9.46 Å². The molecule has 8 heteroatoms. The van der Waals surface area contributed by atoms with Crippen LogP contribution in [0.15, 0.2) is 11.0 Å². The molecule has 1 rings (SSSR count). The minimum Gasteiger partial charge on any atom is -0.496 e. The van der Waals surface area contributed by atoms with Crippen LogP contribution in [-0.4, -0.2) is 44.4 Å². The van der Waals surface area contributed by atoms with Crippen molar-refractivity contribution in [3.63, 3.8) is 0 Å². The van der Waals surface area contributed by atoms with E-state index in [1.54, 1.807) is 26.8 Å². The van der Waals surface area contributed by atoms with E-state index in [1.807, 2.05) is 4.72 Å². The molecule has 118 valence electrons. The summed E-state index contributed by atoms with van der Waals surface area (Å²) in [6.45, 7) is 4.10. The highest BCUT2D eigenvalue weighted by Gasteiger charge is 2.28. The van der Waals surface area contributed by atoms with Gasteiger partial charge in [-0.05, 0) is 43.5 Å². The van der Waals surface area contributed by atoms with Crippen molar-refractivity contribution >= 4 is 16.0 Å². The average Bonchev–Trinajstić information content (AvgIpc) is 2.39. The van der Waals surface area contributed by atoms with Gasteiger partial charge in [0.15, 0.2) is 0 Å². The first-order valence-corrected chi connectivity index (χ1v) is 7.64. The molecule has 1 aromatic rings. The minimum absolute atomic E-state index is 0.000463. The summed E-state index contributed by atoms with van der Waals surface area (Å²) in [5, 5.41) is 17.8. The fourth-order valence-electron chi connectivity index (χ4n) is 2.06. The summed E-state index contributed by atoms with van der Waals surface area (Å²) in [6, 6.07) is -0.0118. The lowest BCUT2D eigenvalue weighted by Gasteiger charge is -2.18. The zero-order chi connectivity index (χ0) is 16.4. The molecule has 0 aliphatic heterocycles. The Labute approximate surface area is 123 Å². The molecule has 0 saturated carbocycles. The molecule has 0 heterocycles. The lowest BCUT2D eigenvalue weighted by Crippen LogP contribution is -2.43. The number of nitrogens with one attached hydrogen (secondary N) is 1. The van der Waals surface area contributed by atoms with E-state index in [2.05, 4.69) is 0 Å². The van der Waals surface area contributed by atoms with Crippen LogP contribution in [0.5, 0.6) is 5.75 Å². The van der Waals surface area contributed by atoms with Crippen molar-refractivity contribution in [1.82, 2.24) is 4.72 Å². The van der Waals surface area contributed by atoms with Gasteiger partial charge in [0.2, 0.25) is 10.0 Å². The largest absolute Gasteiger partial charge is 0.496 e. The van der Waals surface area contributed by atoms with Gasteiger partial charge in [-0.1, -0.05) is 0 Å². The molecule has 0 unspecified atom stereocenters. The van der Waals surface area contributed by atoms with Gasteiger partial charge in [-0.2, -0.15) is 4.72 Å². The fourth-order valence-corrected chi connectivity index (χ4v) is 3.77. The Morgan fingerprint density at radius 2 is 1.90 bits per heavy atom. The van der Waals surface area contributed by atoms with Crippen LogP contribution in [0.2, 0.25) is 0 Å². The number of hydrogen-bond donors (Lipinski definition) is 3. The number of ether oxygens (including phenoxy) is 1. The number of rotatable bonds is 6. The highest BCUT2D eigenvalue weighted by molar-refractivity contribution is 7.89. The zero-order valence-corrected chi connectivity index (χ0v) is 13.1. The number of aliphatic carboxylic acids is 1. The molecule has 1 aromatic carbocycles. The van der Waals surface area contributed by atoms with E-state index in [4.69, 9.17) is 14.9 Å². The van der Waals surface area contributed by atoms with Crippen LogP contribution in [0.3, 0.4) is 0 Å². The monoisotopic (exact) mass is 317 g/mol. The second-order valence-corrected chi connectivity index (χ2v) is 6.32. The molecule has 0 spiro atoms. The van der Waals surface area contributed by atoms with Gasteiger partial charge in [-0.15, -0.1) is 0 Å². The quantitative estimate of drug-likeness (QED) is 0.697. The second-order valence-electron chi connectivity index (χ2n) is 4.67. The normalized spacial score (nSPS) is 13.0. The summed E-state index contributed by atoms with van der Waals surface area (Å²) in [6.07, 6.45) is 0. The van der Waals surface area contributed by atoms with E-state index >= 15 is 0 Å². The summed E-state index contributed by atoms with van der Waals surface area (Å²) in [7, 11) is -2.59. The van der Waals surface area contributed by atoms with E-state index in [-0.39, 0.29) is 4.90 Å². The second kappa shape index (κ2) is 6.42. The molecular formula is C13H19NO6S. The van der Waals surface area contributed by atoms with Crippen LogP contribution in [0.4, 0.5) is 0 Å². The molecule has 0 aromatic heterocycles. The standard InChI is InChI=1S/C13H19NO6S/c1-7-5-11(20-4)8(2)9(3)12(7)21(18,19)14-10(6-15)13(16)17/h5,10,14-15H,6H2,1-4H3,(H,16,17)/t10-/m1/s1. The number of hydrogen-bond acceptors (Lipinski definition) is 5. The number of carboxylic acid groups (broad SMARTS) is 1. The van der Waals surface area contributed by atoms with E-state index < -0.39 is 28.6 Å². The third-order valence-electron chi connectivity index (χ3n) is 3.25. The molecule has 0 aliphatic carbocycles. The van der Waals surface area contributed by atoms with Crippen LogP contribution in [0, 0.1) is 20.8 Å². The van der Waals surface area contributed by atoms with Gasteiger partial charge in [0, 0.05) is 0 Å². The molecule has 0 aliphatic rings. The summed E-state index contributed by atoms with van der Waals surface area (Å²) in [4.78, 5) is 10.9. The number of carboxylic acids is 1. The van der Waals surface area contributed by atoms with Crippen molar-refractivity contribution in [2.75, 3.05) is 13.7 Å². The molecule has 0 saturated heterocycles. The average molecular weight is 317 g/mol. The smallest absolute Gasteiger partial charge is 0.324 e. The predicted molar refractivity (Wildman–Crippen MR) is 76.0 cm³/mol. The number of aryl methyl sites for hydroxylation is 1. The molecule has 21 heavy (non-hydrogen) atoms. The molecular weight excluding hydrogens is 298 g/mol. The van der Waals surface area contributed by atoms with Crippen molar-refractivity contribution < 1.29 is 28.2 Å². The van der Waals surface area contributed by atoms with Crippen LogP contribution >= 0.6 is 0 Å². The van der Waals surface area contributed by atoms with Gasteiger partial charge in [0.25, 0.3) is 0 Å². The predicted octanol–water partition coefficient (Wildman–Crippen LogP) is 0.344. The number of sulfonamides is 1. The van der Waals surface area contributed by atoms with Crippen molar-refractivity contribution in [3.8, 4) is 5.75 Å².